The Morgan fingerprint density at radius 3 is 2.23 bits per heavy atom. The number of hydrogen-bond acceptors (Lipinski definition) is 3. The lowest BCUT2D eigenvalue weighted by molar-refractivity contribution is -0.115. The molecule has 116 valence electrons. The molecule has 0 saturated heterocycles. The molecule has 0 atom stereocenters. The number of nitrogens with zero attached hydrogens (tertiary/aromatic N) is 2. The van der Waals surface area contributed by atoms with E-state index in [1.54, 1.807) is 26.8 Å². The quantitative estimate of drug-likeness (QED) is 0.849. The fourth-order valence-corrected chi connectivity index (χ4v) is 2.52. The van der Waals surface area contributed by atoms with Gasteiger partial charge in [-0.15, -0.1) is 0 Å². The molecule has 22 heavy (non-hydrogen) atoms. The molecule has 1 heterocycles. The van der Waals surface area contributed by atoms with Gasteiger partial charge >= 0.3 is 12.1 Å². The van der Waals surface area contributed by atoms with E-state index in [2.05, 4.69) is 9.98 Å². The molecule has 0 spiro atoms. The molecule has 2 rings (SSSR count). The highest BCUT2D eigenvalue weighted by Crippen LogP contribution is 2.27. The maximum Gasteiger partial charge on any atom is 0.439 e. The van der Waals surface area contributed by atoms with Gasteiger partial charge in [0.25, 0.3) is 0 Å². The molecule has 1 aliphatic heterocycles. The van der Waals surface area contributed by atoms with Crippen molar-refractivity contribution in [1.82, 2.24) is 0 Å². The van der Waals surface area contributed by atoms with E-state index < -0.39 is 17.8 Å². The van der Waals surface area contributed by atoms with Gasteiger partial charge in [0.15, 0.2) is 5.84 Å². The minimum atomic E-state index is -4.82. The summed E-state index contributed by atoms with van der Waals surface area (Å²) in [6, 6.07) is 1.66. The van der Waals surface area contributed by atoms with E-state index in [0.717, 1.165) is 5.56 Å². The zero-order chi connectivity index (χ0) is 16.8. The number of carbonyl (C=O) groups excluding carboxylic acids is 1. The smallest absolute Gasteiger partial charge is 0.389 e. The van der Waals surface area contributed by atoms with Crippen LogP contribution in [0.4, 0.5) is 13.2 Å². The monoisotopic (exact) mass is 327 g/mol. The van der Waals surface area contributed by atoms with Crippen molar-refractivity contribution in [3.05, 3.63) is 33.9 Å². The standard InChI is InChI=1S/C14H12F3N3OS/c1-5-4-8(11(18)22)6(2)7(3)9(5)12-19-10(13(21)20-12)14(15,16)17/h4H,1-3H3,(H2,18,22). The third-order valence-electron chi connectivity index (χ3n) is 3.48. The van der Waals surface area contributed by atoms with Gasteiger partial charge in [-0.1, -0.05) is 12.2 Å². The highest BCUT2D eigenvalue weighted by molar-refractivity contribution is 7.80. The summed E-state index contributed by atoms with van der Waals surface area (Å²) >= 11 is 4.95. The number of hydrogen-bond donors (Lipinski definition) is 1. The first-order valence-corrected chi connectivity index (χ1v) is 6.64. The lowest BCUT2D eigenvalue weighted by Crippen LogP contribution is -2.27. The van der Waals surface area contributed by atoms with Crippen LogP contribution in [0.3, 0.4) is 0 Å². The summed E-state index contributed by atoms with van der Waals surface area (Å²) in [5.41, 5.74) is 7.12. The minimum Gasteiger partial charge on any atom is -0.389 e. The summed E-state index contributed by atoms with van der Waals surface area (Å²) in [6.45, 7) is 5.13. The Bertz CT molecular complexity index is 764. The summed E-state index contributed by atoms with van der Waals surface area (Å²) in [7, 11) is 0. The van der Waals surface area contributed by atoms with Crippen LogP contribution < -0.4 is 5.73 Å². The summed E-state index contributed by atoms with van der Waals surface area (Å²) in [5.74, 6) is -1.61. The molecule has 0 saturated carbocycles. The van der Waals surface area contributed by atoms with Crippen molar-refractivity contribution in [2.75, 3.05) is 0 Å². The second-order valence-electron chi connectivity index (χ2n) is 4.93. The number of carbonyl (C=O) groups is 1. The van der Waals surface area contributed by atoms with Gasteiger partial charge in [-0.3, -0.25) is 4.79 Å². The van der Waals surface area contributed by atoms with E-state index >= 15 is 0 Å². The number of aliphatic imine (C=N–C) groups is 2. The summed E-state index contributed by atoms with van der Waals surface area (Å²) in [5, 5.41) is 0. The molecule has 1 aliphatic rings. The molecule has 0 aromatic heterocycles. The number of rotatable bonds is 2. The summed E-state index contributed by atoms with van der Waals surface area (Å²) < 4.78 is 38.1. The van der Waals surface area contributed by atoms with E-state index in [0.29, 0.717) is 22.3 Å². The van der Waals surface area contributed by atoms with Crippen LogP contribution in [0.15, 0.2) is 16.1 Å². The largest absolute Gasteiger partial charge is 0.439 e. The number of alkyl halides is 3. The lowest BCUT2D eigenvalue weighted by Gasteiger charge is -2.14. The fourth-order valence-electron chi connectivity index (χ4n) is 2.31. The van der Waals surface area contributed by atoms with Gasteiger partial charge in [-0.05, 0) is 43.5 Å². The van der Waals surface area contributed by atoms with Crippen molar-refractivity contribution in [3.63, 3.8) is 0 Å². The molecular weight excluding hydrogens is 315 g/mol. The number of amidine groups is 1. The van der Waals surface area contributed by atoms with Crippen molar-refractivity contribution in [3.8, 4) is 0 Å². The molecule has 1 aromatic carbocycles. The predicted molar refractivity (Wildman–Crippen MR) is 81.6 cm³/mol. The Morgan fingerprint density at radius 1 is 1.18 bits per heavy atom. The third-order valence-corrected chi connectivity index (χ3v) is 3.70. The van der Waals surface area contributed by atoms with E-state index in [1.165, 1.54) is 0 Å². The summed E-state index contributed by atoms with van der Waals surface area (Å²) in [6.07, 6.45) is -4.82. The molecule has 8 heteroatoms. The number of halogens is 3. The second kappa shape index (κ2) is 5.28. The highest BCUT2D eigenvalue weighted by atomic mass is 32.1. The minimum absolute atomic E-state index is 0.194. The Hall–Kier alpha value is -2.09. The van der Waals surface area contributed by atoms with Crippen LogP contribution in [0, 0.1) is 20.8 Å². The zero-order valence-corrected chi connectivity index (χ0v) is 12.8. The van der Waals surface area contributed by atoms with E-state index in [1.807, 2.05) is 0 Å². The van der Waals surface area contributed by atoms with Crippen molar-refractivity contribution in [2.45, 2.75) is 26.9 Å². The first-order chi connectivity index (χ1) is 10.0. The van der Waals surface area contributed by atoms with E-state index in [-0.39, 0.29) is 10.8 Å². The first-order valence-electron chi connectivity index (χ1n) is 6.24. The van der Waals surface area contributed by atoms with Crippen molar-refractivity contribution >= 4 is 34.7 Å². The second-order valence-corrected chi connectivity index (χ2v) is 5.37. The molecule has 0 unspecified atom stereocenters. The van der Waals surface area contributed by atoms with Gasteiger partial charge in [-0.25, -0.2) is 4.99 Å². The molecule has 1 aromatic rings. The lowest BCUT2D eigenvalue weighted by atomic mass is 9.93. The Morgan fingerprint density at radius 2 is 1.77 bits per heavy atom. The normalized spacial score (nSPS) is 14.9. The van der Waals surface area contributed by atoms with Crippen LogP contribution >= 0.6 is 12.2 Å². The van der Waals surface area contributed by atoms with Crippen LogP contribution in [0.5, 0.6) is 0 Å². The van der Waals surface area contributed by atoms with Crippen LogP contribution in [0.1, 0.15) is 27.8 Å². The van der Waals surface area contributed by atoms with Gasteiger partial charge in [0.2, 0.25) is 5.71 Å². The average Bonchev–Trinajstić information content (AvgIpc) is 2.75. The fraction of sp³-hybridized carbons (Fsp3) is 0.286. The molecular formula is C14H12F3N3OS. The molecule has 0 bridgehead atoms. The maximum atomic E-state index is 12.7. The zero-order valence-electron chi connectivity index (χ0n) is 12.0. The Labute approximate surface area is 129 Å². The van der Waals surface area contributed by atoms with Crippen molar-refractivity contribution < 1.29 is 18.0 Å². The summed E-state index contributed by atoms with van der Waals surface area (Å²) in [4.78, 5) is 18.4. The number of thiocarbonyl (C=S) groups is 1. The average molecular weight is 327 g/mol. The van der Waals surface area contributed by atoms with Crippen LogP contribution in [0.2, 0.25) is 0 Å². The van der Waals surface area contributed by atoms with Gasteiger partial charge in [0.1, 0.15) is 4.99 Å². The predicted octanol–water partition coefficient (Wildman–Crippen LogP) is 2.54. The van der Waals surface area contributed by atoms with Crippen molar-refractivity contribution in [1.29, 1.82) is 0 Å². The Kier molecular flexibility index (Phi) is 3.90. The van der Waals surface area contributed by atoms with Gasteiger partial charge in [-0.2, -0.15) is 18.2 Å². The SMILES string of the molecule is Cc1cc(C(N)=S)c(C)c(C)c1C1=NC(=O)C(C(F)(F)F)=N1. The number of aryl methyl sites for hydroxylation is 1. The van der Waals surface area contributed by atoms with Crippen LogP contribution in [-0.2, 0) is 4.79 Å². The molecule has 2 N–H and O–H groups in total. The number of amides is 1. The molecule has 0 fully saturated rings. The van der Waals surface area contributed by atoms with Gasteiger partial charge < -0.3 is 5.73 Å². The molecule has 0 aliphatic carbocycles. The number of benzene rings is 1. The van der Waals surface area contributed by atoms with E-state index in [9.17, 15) is 18.0 Å². The topological polar surface area (TPSA) is 67.8 Å². The maximum absolute atomic E-state index is 12.7. The first kappa shape index (κ1) is 16.3. The molecule has 1 amide bonds. The van der Waals surface area contributed by atoms with Crippen LogP contribution in [0.25, 0.3) is 0 Å². The third kappa shape index (κ3) is 2.66. The van der Waals surface area contributed by atoms with Gasteiger partial charge in [0.05, 0.1) is 0 Å². The molecule has 4 nitrogen and oxygen atoms in total. The highest BCUT2D eigenvalue weighted by Gasteiger charge is 2.44. The van der Waals surface area contributed by atoms with E-state index in [4.69, 9.17) is 18.0 Å². The van der Waals surface area contributed by atoms with Gasteiger partial charge in [0, 0.05) is 11.1 Å². The van der Waals surface area contributed by atoms with Crippen LogP contribution in [-0.4, -0.2) is 28.6 Å². The molecule has 0 radical (unpaired) electrons. The van der Waals surface area contributed by atoms with Crippen molar-refractivity contribution in [2.24, 2.45) is 15.7 Å². The Balaban J connectivity index is 2.64. The number of nitrogens with two attached hydrogens (primary N) is 1.